The van der Waals surface area contributed by atoms with Crippen molar-refractivity contribution in [1.82, 2.24) is 4.90 Å². The highest BCUT2D eigenvalue weighted by Gasteiger charge is 2.49. The number of rotatable bonds is 7. The van der Waals surface area contributed by atoms with Crippen molar-refractivity contribution in [2.75, 3.05) is 26.8 Å². The Hall–Kier alpha value is -3.50. The van der Waals surface area contributed by atoms with Gasteiger partial charge >= 0.3 is 5.97 Å². The minimum atomic E-state index is -0.887. The van der Waals surface area contributed by atoms with Crippen LogP contribution in [-0.2, 0) is 14.3 Å². The van der Waals surface area contributed by atoms with E-state index in [-0.39, 0.29) is 18.4 Å². The first kappa shape index (κ1) is 26.1. The van der Waals surface area contributed by atoms with Crippen molar-refractivity contribution in [2.45, 2.75) is 45.8 Å². The number of amides is 1. The summed E-state index contributed by atoms with van der Waals surface area (Å²) < 4.78 is 16.5. The van der Waals surface area contributed by atoms with Crippen LogP contribution < -0.4 is 9.47 Å². The first-order valence-corrected chi connectivity index (χ1v) is 11.6. The molecule has 1 aliphatic heterocycles. The molecular weight excluding hydrogens is 446 g/mol. The Morgan fingerprint density at radius 2 is 1.89 bits per heavy atom. The molecule has 7 nitrogen and oxygen atoms in total. The highest BCUT2D eigenvalue weighted by atomic mass is 16.5. The lowest BCUT2D eigenvalue weighted by Crippen LogP contribution is -2.41. The van der Waals surface area contributed by atoms with Gasteiger partial charge in [0, 0.05) is 36.9 Å². The number of benzene rings is 2. The summed E-state index contributed by atoms with van der Waals surface area (Å²) in [4.78, 5) is 25.9. The van der Waals surface area contributed by atoms with Crippen molar-refractivity contribution in [3.05, 3.63) is 59.7 Å². The Balaban J connectivity index is 1.83. The van der Waals surface area contributed by atoms with Crippen molar-refractivity contribution < 1.29 is 28.9 Å². The molecule has 7 heteroatoms. The van der Waals surface area contributed by atoms with E-state index in [0.29, 0.717) is 24.6 Å². The second kappa shape index (κ2) is 11.3. The Morgan fingerprint density at radius 3 is 2.51 bits per heavy atom. The van der Waals surface area contributed by atoms with Crippen molar-refractivity contribution in [3.8, 4) is 23.3 Å². The van der Waals surface area contributed by atoms with Gasteiger partial charge in [-0.1, -0.05) is 43.0 Å². The molecule has 1 N–H and O–H groups in total. The maximum absolute atomic E-state index is 12.9. The van der Waals surface area contributed by atoms with Gasteiger partial charge in [0.1, 0.15) is 6.61 Å². The lowest BCUT2D eigenvalue weighted by molar-refractivity contribution is -0.157. The number of esters is 1. The fourth-order valence-corrected chi connectivity index (χ4v) is 4.44. The van der Waals surface area contributed by atoms with E-state index < -0.39 is 23.6 Å². The molecule has 186 valence electrons. The summed E-state index contributed by atoms with van der Waals surface area (Å²) in [5.74, 6) is 6.23. The molecule has 1 fully saturated rings. The van der Waals surface area contributed by atoms with E-state index in [9.17, 15) is 14.7 Å². The third-order valence-electron chi connectivity index (χ3n) is 6.58. The predicted molar refractivity (Wildman–Crippen MR) is 132 cm³/mol. The molecule has 1 unspecified atom stereocenters. The van der Waals surface area contributed by atoms with Gasteiger partial charge in [0.05, 0.1) is 13.2 Å². The minimum absolute atomic E-state index is 0.167. The topological polar surface area (TPSA) is 85.3 Å². The van der Waals surface area contributed by atoms with Gasteiger partial charge < -0.3 is 24.2 Å². The molecule has 4 atom stereocenters. The molecule has 0 aromatic heterocycles. The molecule has 1 aliphatic rings. The molecule has 0 saturated carbocycles. The summed E-state index contributed by atoms with van der Waals surface area (Å²) in [5.41, 5.74) is 1.21. The van der Waals surface area contributed by atoms with Crippen LogP contribution in [0.15, 0.2) is 48.5 Å². The average molecular weight is 480 g/mol. The van der Waals surface area contributed by atoms with Gasteiger partial charge in [0.15, 0.2) is 17.6 Å². The van der Waals surface area contributed by atoms with E-state index in [1.165, 1.54) is 6.92 Å². The summed E-state index contributed by atoms with van der Waals surface area (Å²) in [6, 6.07) is 15.3. The third-order valence-corrected chi connectivity index (χ3v) is 6.58. The lowest BCUT2D eigenvalue weighted by atomic mass is 9.72. The minimum Gasteiger partial charge on any atom is -0.493 e. The fraction of sp³-hybridized carbons (Fsp3) is 0.429. The van der Waals surface area contributed by atoms with Crippen LogP contribution in [0.4, 0.5) is 0 Å². The molecule has 2 aromatic carbocycles. The van der Waals surface area contributed by atoms with E-state index in [4.69, 9.17) is 14.2 Å². The van der Waals surface area contributed by atoms with Crippen LogP contribution >= 0.6 is 0 Å². The number of likely N-dealkylation sites (tertiary alicyclic amines) is 1. The van der Waals surface area contributed by atoms with E-state index in [1.807, 2.05) is 55.5 Å². The zero-order chi connectivity index (χ0) is 25.6. The number of carbonyl (C=O) groups excluding carboxylic acids is 2. The number of ether oxygens (including phenoxy) is 3. The van der Waals surface area contributed by atoms with Gasteiger partial charge in [-0.2, -0.15) is 0 Å². The highest BCUT2D eigenvalue weighted by molar-refractivity contribution is 5.83. The van der Waals surface area contributed by atoms with Gasteiger partial charge in [0.25, 0.3) is 5.91 Å². The van der Waals surface area contributed by atoms with Crippen LogP contribution in [0.2, 0.25) is 0 Å². The summed E-state index contributed by atoms with van der Waals surface area (Å²) in [5, 5.41) is 10.7. The summed E-state index contributed by atoms with van der Waals surface area (Å²) in [7, 11) is 1.57. The maximum Gasteiger partial charge on any atom is 0.303 e. The quantitative estimate of drug-likeness (QED) is 0.484. The Bertz CT molecular complexity index is 1100. The van der Waals surface area contributed by atoms with Crippen molar-refractivity contribution >= 4 is 11.9 Å². The maximum atomic E-state index is 12.9. The van der Waals surface area contributed by atoms with Gasteiger partial charge in [-0.3, -0.25) is 9.59 Å². The number of hydrogen-bond acceptors (Lipinski definition) is 6. The molecule has 0 radical (unpaired) electrons. The monoisotopic (exact) mass is 479 g/mol. The molecule has 0 aliphatic carbocycles. The Morgan fingerprint density at radius 1 is 1.17 bits per heavy atom. The lowest BCUT2D eigenvalue weighted by Gasteiger charge is -2.34. The third kappa shape index (κ3) is 6.14. The van der Waals surface area contributed by atoms with Crippen molar-refractivity contribution in [3.63, 3.8) is 0 Å². The molecule has 0 bridgehead atoms. The number of aliphatic hydroxyl groups is 1. The van der Waals surface area contributed by atoms with Crippen molar-refractivity contribution in [1.29, 1.82) is 0 Å². The molecule has 1 amide bonds. The van der Waals surface area contributed by atoms with E-state index in [1.54, 1.807) is 25.9 Å². The average Bonchev–Trinajstić information content (AvgIpc) is 3.20. The predicted octanol–water partition coefficient (Wildman–Crippen LogP) is 3.39. The molecule has 0 spiro atoms. The summed E-state index contributed by atoms with van der Waals surface area (Å²) >= 11 is 0. The number of carbonyl (C=O) groups is 2. The number of nitrogens with zero attached hydrogens (tertiary/aromatic N) is 1. The van der Waals surface area contributed by atoms with Crippen LogP contribution in [0.1, 0.15) is 44.7 Å². The second-order valence-corrected chi connectivity index (χ2v) is 9.07. The molecule has 3 rings (SSSR count). The molecule has 1 heterocycles. The van der Waals surface area contributed by atoms with Gasteiger partial charge in [0.2, 0.25) is 0 Å². The van der Waals surface area contributed by atoms with E-state index >= 15 is 0 Å². The second-order valence-electron chi connectivity index (χ2n) is 9.07. The largest absolute Gasteiger partial charge is 0.493 e. The standard InChI is InChI=1S/C28H33NO6/c1-19(35-21(3)31)27(32)29-17-24(28(4,18-29)20(2)30)23-13-14-25(33-5)26(16-23)34-15-9-12-22-10-7-6-8-11-22/h6-8,10-11,13-14,16,19-20,24,30H,15,17-18H2,1-5H3/t19?,20-,24+,28+/m1/s1. The van der Waals surface area contributed by atoms with Crippen LogP contribution in [0, 0.1) is 17.3 Å². The number of hydrogen-bond donors (Lipinski definition) is 1. The Labute approximate surface area is 207 Å². The zero-order valence-corrected chi connectivity index (χ0v) is 20.9. The fourth-order valence-electron chi connectivity index (χ4n) is 4.44. The van der Waals surface area contributed by atoms with E-state index in [2.05, 4.69) is 11.8 Å². The van der Waals surface area contributed by atoms with Crippen LogP contribution in [-0.4, -0.2) is 60.9 Å². The summed E-state index contributed by atoms with van der Waals surface area (Å²) in [6.45, 7) is 7.43. The normalized spacial score (nSPS) is 20.9. The van der Waals surface area contributed by atoms with Crippen LogP contribution in [0.3, 0.4) is 0 Å². The first-order chi connectivity index (χ1) is 16.7. The van der Waals surface area contributed by atoms with Gasteiger partial charge in [-0.15, -0.1) is 0 Å². The van der Waals surface area contributed by atoms with Gasteiger partial charge in [-0.25, -0.2) is 0 Å². The van der Waals surface area contributed by atoms with Crippen molar-refractivity contribution in [2.24, 2.45) is 5.41 Å². The molecular formula is C28H33NO6. The number of methoxy groups -OCH3 is 1. The smallest absolute Gasteiger partial charge is 0.303 e. The Kier molecular flexibility index (Phi) is 8.42. The molecule has 2 aromatic rings. The highest BCUT2D eigenvalue weighted by Crippen LogP contribution is 2.47. The van der Waals surface area contributed by atoms with Gasteiger partial charge in [-0.05, 0) is 43.7 Å². The number of aliphatic hydroxyl groups excluding tert-OH is 1. The first-order valence-electron chi connectivity index (χ1n) is 11.6. The van der Waals surface area contributed by atoms with Crippen LogP contribution in [0.25, 0.3) is 0 Å². The molecule has 35 heavy (non-hydrogen) atoms. The van der Waals surface area contributed by atoms with Crippen LogP contribution in [0.5, 0.6) is 11.5 Å². The summed E-state index contributed by atoms with van der Waals surface area (Å²) in [6.07, 6.45) is -1.57. The SMILES string of the molecule is COc1ccc([C@@H]2CN(C(=O)C(C)OC(C)=O)C[C@@]2(C)[C@@H](C)O)cc1OCC#Cc1ccccc1. The molecule has 1 saturated heterocycles. The van der Waals surface area contributed by atoms with E-state index in [0.717, 1.165) is 11.1 Å². The zero-order valence-electron chi connectivity index (χ0n) is 20.9.